The number of aromatic nitrogens is 1. The van der Waals surface area contributed by atoms with Gasteiger partial charge in [-0.05, 0) is 43.5 Å². The number of rotatable bonds is 9. The maximum absolute atomic E-state index is 13.1. The van der Waals surface area contributed by atoms with Crippen molar-refractivity contribution in [2.45, 2.75) is 43.3 Å². The number of nitrogens with one attached hydrogen (secondary N) is 2. The van der Waals surface area contributed by atoms with Gasteiger partial charge in [0.05, 0.1) is 22.2 Å². The van der Waals surface area contributed by atoms with Crippen molar-refractivity contribution in [3.8, 4) is 22.6 Å². The molecule has 3 aromatic rings. The molecule has 1 fully saturated rings. The van der Waals surface area contributed by atoms with Gasteiger partial charge in [-0.1, -0.05) is 76.7 Å². The molecule has 2 amide bonds. The lowest BCUT2D eigenvalue weighted by Crippen LogP contribution is -2.49. The third-order valence-electron chi connectivity index (χ3n) is 6.74. The lowest BCUT2D eigenvalue weighted by Gasteiger charge is -2.30. The molecule has 2 heterocycles. The van der Waals surface area contributed by atoms with E-state index in [1.165, 1.54) is 4.90 Å². The van der Waals surface area contributed by atoms with Gasteiger partial charge in [0.2, 0.25) is 5.91 Å². The Morgan fingerprint density at radius 2 is 1.85 bits per heavy atom. The minimum atomic E-state index is -1.28. The standard InChI is InChI=1S/C27H28Cl4N4O4/c1-14(15(2)33-26(37)22-10-18(36)12-32-22)13-35(27(38)25(30)31)17-6-3-5-16(9-17)23-11-21(34-39-23)24-19(28)7-4-8-20(24)29/h3-9,11,14-15,18,22,25,32,36H,10,12-13H2,1-2H3,(H,33,37)/t14-,15?,18?,22?/m1/s1. The second-order valence-corrected chi connectivity index (χ2v) is 11.5. The molecule has 208 valence electrons. The zero-order valence-electron chi connectivity index (χ0n) is 21.2. The predicted octanol–water partition coefficient (Wildman–Crippen LogP) is 5.32. The smallest absolute Gasteiger partial charge is 0.260 e. The number of hydrogen-bond acceptors (Lipinski definition) is 6. The van der Waals surface area contributed by atoms with Crippen LogP contribution in [0.3, 0.4) is 0 Å². The summed E-state index contributed by atoms with van der Waals surface area (Å²) in [6, 6.07) is 13.3. The number of carbonyl (C=O) groups is 2. The first-order valence-electron chi connectivity index (χ1n) is 12.4. The van der Waals surface area contributed by atoms with Gasteiger partial charge in [0, 0.05) is 42.0 Å². The Hall–Kier alpha value is -2.33. The lowest BCUT2D eigenvalue weighted by atomic mass is 10.0. The molecule has 1 aromatic heterocycles. The van der Waals surface area contributed by atoms with Gasteiger partial charge in [-0.2, -0.15) is 0 Å². The first kappa shape index (κ1) is 29.6. The van der Waals surface area contributed by atoms with Crippen LogP contribution in [0.4, 0.5) is 5.69 Å². The van der Waals surface area contributed by atoms with E-state index < -0.39 is 22.9 Å². The lowest BCUT2D eigenvalue weighted by molar-refractivity contribution is -0.123. The SMILES string of the molecule is CC(NC(=O)C1CC(O)CN1)[C@H](C)CN(C(=O)C(Cl)Cl)c1cccc(-c2cc(-c3c(Cl)cccc3Cl)no2)c1. The van der Waals surface area contributed by atoms with E-state index in [2.05, 4.69) is 15.8 Å². The molecule has 39 heavy (non-hydrogen) atoms. The zero-order valence-corrected chi connectivity index (χ0v) is 24.2. The molecule has 0 aliphatic carbocycles. The molecule has 2 aromatic carbocycles. The Bertz CT molecular complexity index is 1310. The molecule has 4 rings (SSSR count). The summed E-state index contributed by atoms with van der Waals surface area (Å²) in [4.78, 5) is 25.9. The molecule has 8 nitrogen and oxygen atoms in total. The van der Waals surface area contributed by atoms with Crippen molar-refractivity contribution in [1.82, 2.24) is 15.8 Å². The number of amides is 2. The summed E-state index contributed by atoms with van der Waals surface area (Å²) in [7, 11) is 0. The Labute approximate surface area is 246 Å². The van der Waals surface area contributed by atoms with Gasteiger partial charge in [-0.15, -0.1) is 0 Å². The van der Waals surface area contributed by atoms with Crippen molar-refractivity contribution in [2.75, 3.05) is 18.0 Å². The van der Waals surface area contributed by atoms with Crippen molar-refractivity contribution in [3.05, 3.63) is 58.6 Å². The number of alkyl halides is 2. The maximum Gasteiger partial charge on any atom is 0.260 e. The Kier molecular flexibility index (Phi) is 9.80. The van der Waals surface area contributed by atoms with E-state index in [0.29, 0.717) is 51.3 Å². The van der Waals surface area contributed by atoms with E-state index in [-0.39, 0.29) is 24.4 Å². The molecule has 4 atom stereocenters. The van der Waals surface area contributed by atoms with E-state index >= 15 is 0 Å². The average molecular weight is 614 g/mol. The number of benzene rings is 2. The van der Waals surface area contributed by atoms with E-state index in [1.54, 1.807) is 42.5 Å². The molecule has 1 aliphatic rings. The van der Waals surface area contributed by atoms with Crippen LogP contribution in [0, 0.1) is 5.92 Å². The normalized spacial score (nSPS) is 18.7. The predicted molar refractivity (Wildman–Crippen MR) is 154 cm³/mol. The number of anilines is 1. The van der Waals surface area contributed by atoms with Crippen LogP contribution in [0.2, 0.25) is 10.0 Å². The highest BCUT2D eigenvalue weighted by Crippen LogP contribution is 2.36. The van der Waals surface area contributed by atoms with E-state index in [0.717, 1.165) is 0 Å². The molecular weight excluding hydrogens is 586 g/mol. The van der Waals surface area contributed by atoms with Gasteiger partial charge in [0.1, 0.15) is 5.69 Å². The van der Waals surface area contributed by atoms with E-state index in [1.807, 2.05) is 19.9 Å². The van der Waals surface area contributed by atoms with Crippen molar-refractivity contribution < 1.29 is 19.2 Å². The van der Waals surface area contributed by atoms with Gasteiger partial charge < -0.3 is 25.2 Å². The Balaban J connectivity index is 1.54. The van der Waals surface area contributed by atoms with Gasteiger partial charge in [0.15, 0.2) is 10.6 Å². The van der Waals surface area contributed by atoms with Crippen LogP contribution in [-0.2, 0) is 9.59 Å². The Morgan fingerprint density at radius 1 is 1.15 bits per heavy atom. The molecule has 3 N–H and O–H groups in total. The minimum absolute atomic E-state index is 0.167. The fourth-order valence-corrected chi connectivity index (χ4v) is 5.20. The van der Waals surface area contributed by atoms with E-state index in [4.69, 9.17) is 50.9 Å². The van der Waals surface area contributed by atoms with E-state index in [9.17, 15) is 14.7 Å². The zero-order chi connectivity index (χ0) is 28.3. The number of hydrogen-bond donors (Lipinski definition) is 3. The first-order chi connectivity index (χ1) is 18.5. The van der Waals surface area contributed by atoms with Crippen LogP contribution in [-0.4, -0.2) is 58.2 Å². The minimum Gasteiger partial charge on any atom is -0.392 e. The quantitative estimate of drug-likeness (QED) is 0.282. The van der Waals surface area contributed by atoms with Gasteiger partial charge in [-0.25, -0.2) is 0 Å². The molecule has 0 bridgehead atoms. The van der Waals surface area contributed by atoms with Crippen LogP contribution < -0.4 is 15.5 Å². The van der Waals surface area contributed by atoms with Gasteiger partial charge in [0.25, 0.3) is 5.91 Å². The van der Waals surface area contributed by atoms with Gasteiger partial charge in [-0.3, -0.25) is 9.59 Å². The second kappa shape index (κ2) is 12.9. The number of β-amino-alcohol motifs (C(OH)–C–C–N with tert-alkyl or cyclic N) is 1. The monoisotopic (exact) mass is 612 g/mol. The summed E-state index contributed by atoms with van der Waals surface area (Å²) in [5, 5.41) is 20.7. The average Bonchev–Trinajstić information content (AvgIpc) is 3.56. The summed E-state index contributed by atoms with van der Waals surface area (Å²) < 4.78 is 5.58. The van der Waals surface area contributed by atoms with Gasteiger partial charge >= 0.3 is 0 Å². The highest BCUT2D eigenvalue weighted by atomic mass is 35.5. The van der Waals surface area contributed by atoms with Crippen LogP contribution in [0.15, 0.2) is 53.1 Å². The number of carbonyl (C=O) groups excluding carboxylic acids is 2. The summed E-state index contributed by atoms with van der Waals surface area (Å²) in [5.41, 5.74) is 2.24. The van der Waals surface area contributed by atoms with Crippen molar-refractivity contribution in [1.29, 1.82) is 0 Å². The topological polar surface area (TPSA) is 108 Å². The number of aliphatic hydroxyl groups excluding tert-OH is 1. The highest BCUT2D eigenvalue weighted by molar-refractivity contribution is 6.54. The molecule has 1 aliphatic heterocycles. The molecule has 0 radical (unpaired) electrons. The highest BCUT2D eigenvalue weighted by Gasteiger charge is 2.31. The summed E-state index contributed by atoms with van der Waals surface area (Å²) in [6.45, 7) is 4.39. The molecule has 1 saturated heterocycles. The number of aliphatic hydroxyl groups is 1. The summed E-state index contributed by atoms with van der Waals surface area (Å²) in [6.07, 6.45) is -0.184. The van der Waals surface area contributed by atoms with Crippen molar-refractivity contribution in [2.24, 2.45) is 5.92 Å². The maximum atomic E-state index is 13.1. The fourth-order valence-electron chi connectivity index (χ4n) is 4.37. The number of halogens is 4. The molecule has 3 unspecified atom stereocenters. The molecular formula is C27H28Cl4N4O4. The number of nitrogens with zero attached hydrogens (tertiary/aromatic N) is 2. The second-order valence-electron chi connectivity index (χ2n) is 9.60. The summed E-state index contributed by atoms with van der Waals surface area (Å²) >= 11 is 24.6. The molecule has 0 spiro atoms. The van der Waals surface area contributed by atoms with Crippen molar-refractivity contribution in [3.63, 3.8) is 0 Å². The third-order valence-corrected chi connectivity index (χ3v) is 7.75. The van der Waals surface area contributed by atoms with Crippen LogP contribution >= 0.6 is 46.4 Å². The largest absolute Gasteiger partial charge is 0.392 e. The van der Waals surface area contributed by atoms with Crippen LogP contribution in [0.1, 0.15) is 20.3 Å². The van der Waals surface area contributed by atoms with Crippen LogP contribution in [0.5, 0.6) is 0 Å². The van der Waals surface area contributed by atoms with Crippen molar-refractivity contribution >= 4 is 63.9 Å². The third kappa shape index (κ3) is 7.06. The fraction of sp³-hybridized carbons (Fsp3) is 0.370. The van der Waals surface area contributed by atoms with Crippen LogP contribution in [0.25, 0.3) is 22.6 Å². The summed E-state index contributed by atoms with van der Waals surface area (Å²) in [5.74, 6) is -0.414. The molecule has 12 heteroatoms. The first-order valence-corrected chi connectivity index (χ1v) is 14.0. The Morgan fingerprint density at radius 3 is 2.49 bits per heavy atom. The molecule has 0 saturated carbocycles.